The summed E-state index contributed by atoms with van der Waals surface area (Å²) < 4.78 is 1.75. The van der Waals surface area contributed by atoms with Crippen LogP contribution in [0.15, 0.2) is 36.9 Å². The van der Waals surface area contributed by atoms with Crippen molar-refractivity contribution >= 4 is 16.9 Å². The standard InChI is InChI=1S/C13H14N6/c1-18(8-10-5-3-4-6-14-10)12-11-7-17-19(2)13(11)16-9-15-12/h3-7,9H,8H2,1-2H3. The lowest BCUT2D eigenvalue weighted by atomic mass is 10.3. The Balaban J connectivity index is 1.96. The SMILES string of the molecule is CN(Cc1ccccn1)c1ncnc2c1cnn2C. The van der Waals surface area contributed by atoms with Crippen LogP contribution in [0.25, 0.3) is 11.0 Å². The number of fused-ring (bicyclic) bond motifs is 1. The van der Waals surface area contributed by atoms with Crippen LogP contribution in [0.4, 0.5) is 5.82 Å². The Morgan fingerprint density at radius 3 is 2.89 bits per heavy atom. The van der Waals surface area contributed by atoms with E-state index in [1.54, 1.807) is 23.4 Å². The maximum absolute atomic E-state index is 4.35. The van der Waals surface area contributed by atoms with Gasteiger partial charge >= 0.3 is 0 Å². The first kappa shape index (κ1) is 11.6. The number of aromatic nitrogens is 5. The molecule has 0 spiro atoms. The van der Waals surface area contributed by atoms with E-state index >= 15 is 0 Å². The molecule has 96 valence electrons. The molecule has 3 heterocycles. The molecule has 0 aromatic carbocycles. The zero-order valence-corrected chi connectivity index (χ0v) is 10.9. The summed E-state index contributed by atoms with van der Waals surface area (Å²) in [7, 11) is 3.86. The van der Waals surface area contributed by atoms with E-state index in [0.29, 0.717) is 6.54 Å². The van der Waals surface area contributed by atoms with Crippen molar-refractivity contribution in [3.63, 3.8) is 0 Å². The lowest BCUT2D eigenvalue weighted by Gasteiger charge is -2.17. The van der Waals surface area contributed by atoms with Gasteiger partial charge in [-0.1, -0.05) is 6.07 Å². The molecular weight excluding hydrogens is 240 g/mol. The predicted octanol–water partition coefficient (Wildman–Crippen LogP) is 1.39. The molecule has 3 aromatic rings. The van der Waals surface area contributed by atoms with E-state index in [4.69, 9.17) is 0 Å². The molecule has 0 fully saturated rings. The van der Waals surface area contributed by atoms with Crippen LogP contribution in [0.1, 0.15) is 5.69 Å². The molecule has 0 aliphatic heterocycles. The van der Waals surface area contributed by atoms with Crippen molar-refractivity contribution in [3.8, 4) is 0 Å². The molecule has 3 aromatic heterocycles. The third-order valence-corrected chi connectivity index (χ3v) is 3.00. The molecule has 0 saturated carbocycles. The van der Waals surface area contributed by atoms with Crippen molar-refractivity contribution in [2.45, 2.75) is 6.54 Å². The van der Waals surface area contributed by atoms with Gasteiger partial charge in [0.25, 0.3) is 0 Å². The van der Waals surface area contributed by atoms with Gasteiger partial charge in [-0.15, -0.1) is 0 Å². The minimum atomic E-state index is 0.696. The molecule has 0 saturated heterocycles. The second-order valence-electron chi connectivity index (χ2n) is 4.38. The van der Waals surface area contributed by atoms with Gasteiger partial charge in [0.15, 0.2) is 5.65 Å². The summed E-state index contributed by atoms with van der Waals surface area (Å²) in [5.74, 6) is 0.865. The fourth-order valence-corrected chi connectivity index (χ4v) is 2.06. The Hall–Kier alpha value is -2.50. The third-order valence-electron chi connectivity index (χ3n) is 3.00. The zero-order valence-electron chi connectivity index (χ0n) is 10.9. The van der Waals surface area contributed by atoms with Gasteiger partial charge in [-0.05, 0) is 12.1 Å². The van der Waals surface area contributed by atoms with Gasteiger partial charge in [0.1, 0.15) is 12.1 Å². The van der Waals surface area contributed by atoms with E-state index in [0.717, 1.165) is 22.5 Å². The summed E-state index contributed by atoms with van der Waals surface area (Å²) >= 11 is 0. The lowest BCUT2D eigenvalue weighted by molar-refractivity contribution is 0.784. The monoisotopic (exact) mass is 254 g/mol. The average molecular weight is 254 g/mol. The summed E-state index contributed by atoms with van der Waals surface area (Å²) in [6.07, 6.45) is 5.15. The Bertz CT molecular complexity index is 691. The fraction of sp³-hybridized carbons (Fsp3) is 0.231. The number of nitrogens with zero attached hydrogens (tertiary/aromatic N) is 6. The highest BCUT2D eigenvalue weighted by atomic mass is 15.3. The average Bonchev–Trinajstić information content (AvgIpc) is 2.82. The van der Waals surface area contributed by atoms with Crippen molar-refractivity contribution in [1.29, 1.82) is 0 Å². The molecule has 3 rings (SSSR count). The molecule has 0 unspecified atom stereocenters. The number of anilines is 1. The Kier molecular flexibility index (Phi) is 2.83. The third kappa shape index (κ3) is 2.12. The van der Waals surface area contributed by atoms with Crippen LogP contribution in [-0.4, -0.2) is 31.8 Å². The smallest absolute Gasteiger partial charge is 0.163 e. The highest BCUT2D eigenvalue weighted by molar-refractivity contribution is 5.86. The van der Waals surface area contributed by atoms with E-state index in [1.165, 1.54) is 0 Å². The van der Waals surface area contributed by atoms with Crippen molar-refractivity contribution in [2.24, 2.45) is 7.05 Å². The van der Waals surface area contributed by atoms with E-state index in [2.05, 4.69) is 20.1 Å². The zero-order chi connectivity index (χ0) is 13.2. The number of rotatable bonds is 3. The largest absolute Gasteiger partial charge is 0.353 e. The Morgan fingerprint density at radius 1 is 1.21 bits per heavy atom. The van der Waals surface area contributed by atoms with Crippen LogP contribution in [0.5, 0.6) is 0 Å². The molecular formula is C13H14N6. The molecule has 19 heavy (non-hydrogen) atoms. The molecule has 0 aliphatic carbocycles. The quantitative estimate of drug-likeness (QED) is 0.707. The van der Waals surface area contributed by atoms with Crippen molar-refractivity contribution < 1.29 is 0 Å². The van der Waals surface area contributed by atoms with Crippen LogP contribution in [-0.2, 0) is 13.6 Å². The molecule has 6 nitrogen and oxygen atoms in total. The van der Waals surface area contributed by atoms with E-state index in [9.17, 15) is 0 Å². The van der Waals surface area contributed by atoms with E-state index in [-0.39, 0.29) is 0 Å². The van der Waals surface area contributed by atoms with Gasteiger partial charge < -0.3 is 4.90 Å². The van der Waals surface area contributed by atoms with Crippen LogP contribution < -0.4 is 4.90 Å². The Labute approximate surface area is 110 Å². The van der Waals surface area contributed by atoms with Crippen LogP contribution >= 0.6 is 0 Å². The predicted molar refractivity (Wildman–Crippen MR) is 72.6 cm³/mol. The number of aryl methyl sites for hydroxylation is 1. The molecule has 0 radical (unpaired) electrons. The Morgan fingerprint density at radius 2 is 2.11 bits per heavy atom. The maximum atomic E-state index is 4.35. The normalized spacial score (nSPS) is 10.8. The molecule has 0 atom stereocenters. The van der Waals surface area contributed by atoms with Crippen LogP contribution in [0.3, 0.4) is 0 Å². The maximum Gasteiger partial charge on any atom is 0.163 e. The molecule has 0 bridgehead atoms. The van der Waals surface area contributed by atoms with Crippen LogP contribution in [0.2, 0.25) is 0 Å². The summed E-state index contributed by atoms with van der Waals surface area (Å²) in [6, 6.07) is 5.89. The van der Waals surface area contributed by atoms with Gasteiger partial charge in [-0.25, -0.2) is 9.97 Å². The summed E-state index contributed by atoms with van der Waals surface area (Å²) in [6.45, 7) is 0.696. The summed E-state index contributed by atoms with van der Waals surface area (Å²) in [5.41, 5.74) is 1.83. The van der Waals surface area contributed by atoms with E-state index < -0.39 is 0 Å². The molecule has 6 heteroatoms. The first-order chi connectivity index (χ1) is 9.25. The molecule has 0 N–H and O–H groups in total. The highest BCUT2D eigenvalue weighted by Crippen LogP contribution is 2.21. The molecule has 0 amide bonds. The fourth-order valence-electron chi connectivity index (χ4n) is 2.06. The number of pyridine rings is 1. The first-order valence-electron chi connectivity index (χ1n) is 5.99. The number of hydrogen-bond acceptors (Lipinski definition) is 5. The van der Waals surface area contributed by atoms with Gasteiger partial charge in [0.2, 0.25) is 0 Å². The van der Waals surface area contributed by atoms with Crippen molar-refractivity contribution in [2.75, 3.05) is 11.9 Å². The topological polar surface area (TPSA) is 59.7 Å². The minimum Gasteiger partial charge on any atom is -0.353 e. The van der Waals surface area contributed by atoms with Gasteiger partial charge in [-0.3, -0.25) is 9.67 Å². The number of hydrogen-bond donors (Lipinski definition) is 0. The van der Waals surface area contributed by atoms with Crippen LogP contribution in [0, 0.1) is 0 Å². The van der Waals surface area contributed by atoms with Crippen molar-refractivity contribution in [1.82, 2.24) is 24.7 Å². The van der Waals surface area contributed by atoms with Crippen molar-refractivity contribution in [3.05, 3.63) is 42.6 Å². The summed E-state index contributed by atoms with van der Waals surface area (Å²) in [4.78, 5) is 15.0. The van der Waals surface area contributed by atoms with E-state index in [1.807, 2.05) is 37.2 Å². The second kappa shape index (κ2) is 4.64. The highest BCUT2D eigenvalue weighted by Gasteiger charge is 2.12. The van der Waals surface area contributed by atoms with Gasteiger partial charge in [0, 0.05) is 20.3 Å². The minimum absolute atomic E-state index is 0.696. The molecule has 0 aliphatic rings. The second-order valence-corrected chi connectivity index (χ2v) is 4.38. The van der Waals surface area contributed by atoms with Gasteiger partial charge in [-0.2, -0.15) is 5.10 Å². The first-order valence-corrected chi connectivity index (χ1v) is 5.99. The lowest BCUT2D eigenvalue weighted by Crippen LogP contribution is -2.18. The van der Waals surface area contributed by atoms with Gasteiger partial charge in [0.05, 0.1) is 23.8 Å². The summed E-state index contributed by atoms with van der Waals surface area (Å²) in [5, 5.41) is 5.17.